The summed E-state index contributed by atoms with van der Waals surface area (Å²) in [5.41, 5.74) is 0.502. The average molecular weight is 245 g/mol. The molecule has 0 aliphatic heterocycles. The van der Waals surface area contributed by atoms with E-state index in [4.69, 9.17) is 9.15 Å². The molecule has 0 saturated heterocycles. The lowest BCUT2D eigenvalue weighted by Crippen LogP contribution is -2.21. The molecule has 92 valence electrons. The van der Waals surface area contributed by atoms with E-state index in [1.165, 1.54) is 12.1 Å². The van der Waals surface area contributed by atoms with E-state index in [1.54, 1.807) is 24.3 Å². The Bertz CT molecular complexity index is 570. The minimum absolute atomic E-state index is 0.0790. The minimum atomic E-state index is -1.37. The van der Waals surface area contributed by atoms with Gasteiger partial charge in [-0.25, -0.2) is 0 Å². The van der Waals surface area contributed by atoms with Gasteiger partial charge in [0.2, 0.25) is 0 Å². The van der Waals surface area contributed by atoms with Crippen molar-refractivity contribution in [1.82, 2.24) is 0 Å². The van der Waals surface area contributed by atoms with Gasteiger partial charge < -0.3 is 19.1 Å². The van der Waals surface area contributed by atoms with Crippen molar-refractivity contribution in [1.29, 1.82) is 0 Å². The summed E-state index contributed by atoms with van der Waals surface area (Å²) >= 11 is 0. The van der Waals surface area contributed by atoms with Gasteiger partial charge in [-0.3, -0.25) is 4.79 Å². The minimum Gasteiger partial charge on any atom is -0.542 e. The van der Waals surface area contributed by atoms with Crippen molar-refractivity contribution in [3.8, 4) is 5.75 Å². The van der Waals surface area contributed by atoms with Crippen LogP contribution in [0.25, 0.3) is 0 Å². The van der Waals surface area contributed by atoms with Gasteiger partial charge in [0.1, 0.15) is 36.1 Å². The first-order valence-corrected chi connectivity index (χ1v) is 5.17. The zero-order valence-corrected chi connectivity index (χ0v) is 9.29. The predicted molar refractivity (Wildman–Crippen MR) is 59.2 cm³/mol. The van der Waals surface area contributed by atoms with Crippen LogP contribution in [0.15, 0.2) is 40.8 Å². The Morgan fingerprint density at radius 1 is 1.33 bits per heavy atom. The van der Waals surface area contributed by atoms with Crippen LogP contribution in [0.5, 0.6) is 5.75 Å². The molecule has 2 aromatic rings. The van der Waals surface area contributed by atoms with Crippen LogP contribution in [-0.2, 0) is 6.61 Å². The third-order valence-electron chi connectivity index (χ3n) is 2.24. The number of carboxylic acid groups (broad SMARTS) is 1. The van der Waals surface area contributed by atoms with Crippen molar-refractivity contribution >= 4 is 12.3 Å². The largest absolute Gasteiger partial charge is 0.542 e. The molecule has 0 aliphatic carbocycles. The SMILES string of the molecule is O=Cc1cccc(OCc2ccc(C(=O)[O-])o2)c1. The Hall–Kier alpha value is -2.56. The van der Waals surface area contributed by atoms with Crippen LogP contribution < -0.4 is 9.84 Å². The molecule has 0 bridgehead atoms. The predicted octanol–water partition coefficient (Wildman–Crippen LogP) is 1.03. The molecule has 1 heterocycles. The molecule has 0 radical (unpaired) electrons. The van der Waals surface area contributed by atoms with E-state index in [0.717, 1.165) is 0 Å². The number of carbonyl (C=O) groups excluding carboxylic acids is 2. The lowest BCUT2D eigenvalue weighted by molar-refractivity contribution is -0.257. The molecular weight excluding hydrogens is 236 g/mol. The zero-order valence-electron chi connectivity index (χ0n) is 9.29. The maximum Gasteiger partial charge on any atom is 0.150 e. The van der Waals surface area contributed by atoms with Crippen LogP contribution in [0.3, 0.4) is 0 Å². The summed E-state index contributed by atoms with van der Waals surface area (Å²) in [6.07, 6.45) is 0.716. The number of hydrogen-bond acceptors (Lipinski definition) is 5. The second-order valence-corrected chi connectivity index (χ2v) is 3.53. The van der Waals surface area contributed by atoms with E-state index >= 15 is 0 Å². The maximum absolute atomic E-state index is 10.6. The fourth-order valence-corrected chi connectivity index (χ4v) is 1.40. The van der Waals surface area contributed by atoms with Gasteiger partial charge in [-0.05, 0) is 24.3 Å². The van der Waals surface area contributed by atoms with E-state index in [2.05, 4.69) is 0 Å². The Kier molecular flexibility index (Phi) is 3.43. The van der Waals surface area contributed by atoms with Crippen LogP contribution in [0.1, 0.15) is 26.7 Å². The van der Waals surface area contributed by atoms with Crippen LogP contribution >= 0.6 is 0 Å². The molecule has 2 rings (SSSR count). The summed E-state index contributed by atoms with van der Waals surface area (Å²) in [6, 6.07) is 9.41. The summed E-state index contributed by atoms with van der Waals surface area (Å²) < 4.78 is 10.3. The molecule has 0 spiro atoms. The Labute approximate surface area is 103 Å². The molecule has 5 heteroatoms. The summed E-state index contributed by atoms with van der Waals surface area (Å²) in [7, 11) is 0. The van der Waals surface area contributed by atoms with Crippen LogP contribution in [0.4, 0.5) is 0 Å². The van der Waals surface area contributed by atoms with E-state index in [0.29, 0.717) is 23.4 Å². The number of furan rings is 1. The van der Waals surface area contributed by atoms with Crippen molar-refractivity contribution in [2.75, 3.05) is 0 Å². The van der Waals surface area contributed by atoms with Crippen molar-refractivity contribution in [3.05, 3.63) is 53.5 Å². The fraction of sp³-hybridized carbons (Fsp3) is 0.0769. The van der Waals surface area contributed by atoms with Gasteiger partial charge in [0.05, 0.1) is 0 Å². The van der Waals surface area contributed by atoms with Gasteiger partial charge in [0, 0.05) is 5.56 Å². The summed E-state index contributed by atoms with van der Waals surface area (Å²) in [5, 5.41) is 10.5. The molecule has 0 aliphatic rings. The molecule has 0 saturated carbocycles. The molecule has 5 nitrogen and oxygen atoms in total. The highest BCUT2D eigenvalue weighted by atomic mass is 16.5. The van der Waals surface area contributed by atoms with Crippen LogP contribution in [0, 0.1) is 0 Å². The van der Waals surface area contributed by atoms with Crippen molar-refractivity contribution in [2.45, 2.75) is 6.61 Å². The van der Waals surface area contributed by atoms with Gasteiger partial charge in [-0.15, -0.1) is 0 Å². The van der Waals surface area contributed by atoms with Gasteiger partial charge in [0.25, 0.3) is 0 Å². The van der Waals surface area contributed by atoms with Crippen molar-refractivity contribution in [3.63, 3.8) is 0 Å². The highest BCUT2D eigenvalue weighted by Crippen LogP contribution is 2.15. The topological polar surface area (TPSA) is 79.6 Å². The van der Waals surface area contributed by atoms with Gasteiger partial charge in [0.15, 0.2) is 0 Å². The van der Waals surface area contributed by atoms with E-state index in [1.807, 2.05) is 0 Å². The molecule has 18 heavy (non-hydrogen) atoms. The lowest BCUT2D eigenvalue weighted by atomic mass is 10.2. The van der Waals surface area contributed by atoms with Crippen LogP contribution in [-0.4, -0.2) is 12.3 Å². The van der Waals surface area contributed by atoms with Crippen molar-refractivity contribution in [2.24, 2.45) is 0 Å². The van der Waals surface area contributed by atoms with E-state index in [-0.39, 0.29) is 12.4 Å². The Balaban J connectivity index is 2.01. The molecule has 0 unspecified atom stereocenters. The zero-order chi connectivity index (χ0) is 13.0. The third kappa shape index (κ3) is 2.76. The molecule has 0 atom stereocenters. The molecule has 1 aromatic heterocycles. The summed E-state index contributed by atoms with van der Waals surface area (Å²) in [6.45, 7) is 0.0790. The highest BCUT2D eigenvalue weighted by Gasteiger charge is 2.04. The normalized spacial score (nSPS) is 10.0. The summed E-state index contributed by atoms with van der Waals surface area (Å²) in [4.78, 5) is 21.1. The van der Waals surface area contributed by atoms with E-state index < -0.39 is 5.97 Å². The Morgan fingerprint density at radius 3 is 2.83 bits per heavy atom. The van der Waals surface area contributed by atoms with Gasteiger partial charge in [-0.1, -0.05) is 12.1 Å². The van der Waals surface area contributed by atoms with Crippen molar-refractivity contribution < 1.29 is 23.8 Å². The number of rotatable bonds is 5. The second kappa shape index (κ2) is 5.18. The molecule has 1 aromatic carbocycles. The number of carboxylic acids is 1. The first-order chi connectivity index (χ1) is 8.69. The number of ether oxygens (including phenoxy) is 1. The highest BCUT2D eigenvalue weighted by molar-refractivity contribution is 5.82. The number of carbonyl (C=O) groups is 2. The molecule has 0 fully saturated rings. The number of aldehydes is 1. The first-order valence-electron chi connectivity index (χ1n) is 5.17. The standard InChI is InChI=1S/C13H10O5/c14-7-9-2-1-3-10(6-9)17-8-11-4-5-12(18-11)13(15)16/h1-7H,8H2,(H,15,16)/p-1. The quantitative estimate of drug-likeness (QED) is 0.735. The molecule has 0 N–H and O–H groups in total. The molecular formula is C13H9O5-. The fourth-order valence-electron chi connectivity index (χ4n) is 1.40. The second-order valence-electron chi connectivity index (χ2n) is 3.53. The smallest absolute Gasteiger partial charge is 0.150 e. The van der Waals surface area contributed by atoms with Gasteiger partial charge >= 0.3 is 0 Å². The Morgan fingerprint density at radius 2 is 2.17 bits per heavy atom. The number of aromatic carboxylic acids is 1. The van der Waals surface area contributed by atoms with Crippen LogP contribution in [0.2, 0.25) is 0 Å². The maximum atomic E-state index is 10.6. The number of hydrogen-bond donors (Lipinski definition) is 0. The average Bonchev–Trinajstić information content (AvgIpc) is 2.85. The summed E-state index contributed by atoms with van der Waals surface area (Å²) in [5.74, 6) is -0.740. The van der Waals surface area contributed by atoms with E-state index in [9.17, 15) is 14.7 Å². The number of benzene rings is 1. The third-order valence-corrected chi connectivity index (χ3v) is 2.24. The first kappa shape index (κ1) is 11.9. The lowest BCUT2D eigenvalue weighted by Gasteiger charge is -2.04. The van der Waals surface area contributed by atoms with Gasteiger partial charge in [-0.2, -0.15) is 0 Å². The molecule has 0 amide bonds. The monoisotopic (exact) mass is 245 g/mol.